The maximum Gasteiger partial charge on any atom is 0.312 e. The number of aliphatic carboxylic acids is 1. The minimum Gasteiger partial charge on any atom is -0.481 e. The largest absolute Gasteiger partial charge is 0.481 e. The van der Waals surface area contributed by atoms with Gasteiger partial charge in [0.2, 0.25) is 0 Å². The highest BCUT2D eigenvalue weighted by Gasteiger charge is 2.33. The number of fused-ring (bicyclic) bond motifs is 1. The summed E-state index contributed by atoms with van der Waals surface area (Å²) < 4.78 is 6.30. The van der Waals surface area contributed by atoms with Gasteiger partial charge in [0, 0.05) is 13.1 Å². The lowest BCUT2D eigenvalue weighted by Gasteiger charge is -2.35. The van der Waals surface area contributed by atoms with Gasteiger partial charge < -0.3 is 9.52 Å². The second kappa shape index (κ2) is 5.66. The van der Waals surface area contributed by atoms with Crippen LogP contribution in [0.15, 0.2) is 45.5 Å². The van der Waals surface area contributed by atoms with Gasteiger partial charge in [-0.1, -0.05) is 24.3 Å². The van der Waals surface area contributed by atoms with Gasteiger partial charge in [-0.05, 0) is 46.1 Å². The Morgan fingerprint density at radius 2 is 2.14 bits per heavy atom. The summed E-state index contributed by atoms with van der Waals surface area (Å²) in [5.74, 6) is -0.429. The Hall–Kier alpha value is -1.59. The molecule has 4 nitrogen and oxygen atoms in total. The molecule has 2 aromatic rings. The molecule has 1 aromatic heterocycles. The highest BCUT2D eigenvalue weighted by Crippen LogP contribution is 2.34. The molecule has 0 aliphatic carbocycles. The van der Waals surface area contributed by atoms with Crippen LogP contribution in [-0.4, -0.2) is 22.5 Å². The first-order valence-corrected chi connectivity index (χ1v) is 7.65. The van der Waals surface area contributed by atoms with E-state index >= 15 is 0 Å². The van der Waals surface area contributed by atoms with Crippen molar-refractivity contribution in [2.75, 3.05) is 6.54 Å². The molecule has 0 radical (unpaired) electrons. The van der Waals surface area contributed by atoms with Gasteiger partial charge in [0.05, 0.1) is 12.0 Å². The first-order valence-electron chi connectivity index (χ1n) is 6.86. The Kier molecular flexibility index (Phi) is 3.87. The van der Waals surface area contributed by atoms with Crippen LogP contribution in [-0.2, 0) is 11.3 Å². The minimum atomic E-state index is -0.778. The fourth-order valence-corrected chi connectivity index (χ4v) is 3.19. The summed E-state index contributed by atoms with van der Waals surface area (Å²) >= 11 is 3.31. The average Bonchev–Trinajstić information content (AvgIpc) is 2.91. The molecule has 0 amide bonds. The van der Waals surface area contributed by atoms with Crippen LogP contribution in [0.1, 0.15) is 35.8 Å². The van der Waals surface area contributed by atoms with Crippen LogP contribution in [0.3, 0.4) is 0 Å². The molecule has 110 valence electrons. The molecule has 1 aliphatic heterocycles. The van der Waals surface area contributed by atoms with Crippen molar-refractivity contribution < 1.29 is 14.3 Å². The van der Waals surface area contributed by atoms with Gasteiger partial charge in [-0.25, -0.2) is 0 Å². The van der Waals surface area contributed by atoms with Crippen LogP contribution in [0.5, 0.6) is 0 Å². The fraction of sp³-hybridized carbons (Fsp3) is 0.312. The van der Waals surface area contributed by atoms with Gasteiger partial charge >= 0.3 is 5.97 Å². The van der Waals surface area contributed by atoms with Crippen LogP contribution >= 0.6 is 15.9 Å². The lowest BCUT2D eigenvalue weighted by atomic mass is 9.89. The zero-order valence-electron chi connectivity index (χ0n) is 11.6. The van der Waals surface area contributed by atoms with Crippen molar-refractivity contribution in [2.24, 2.45) is 0 Å². The smallest absolute Gasteiger partial charge is 0.312 e. The number of furan rings is 1. The van der Waals surface area contributed by atoms with Gasteiger partial charge in [-0.15, -0.1) is 0 Å². The van der Waals surface area contributed by atoms with Crippen molar-refractivity contribution in [2.45, 2.75) is 25.4 Å². The molecular weight excluding hydrogens is 334 g/mol. The van der Waals surface area contributed by atoms with E-state index in [2.05, 4.69) is 20.8 Å². The minimum absolute atomic E-state index is 0.0338. The van der Waals surface area contributed by atoms with E-state index in [0.717, 1.165) is 23.4 Å². The topological polar surface area (TPSA) is 53.7 Å². The number of benzene rings is 1. The summed E-state index contributed by atoms with van der Waals surface area (Å²) in [4.78, 5) is 13.7. The molecule has 5 heteroatoms. The first kappa shape index (κ1) is 14.4. The molecule has 0 fully saturated rings. The number of halogens is 1. The van der Waals surface area contributed by atoms with Crippen molar-refractivity contribution in [1.82, 2.24) is 4.90 Å². The second-order valence-electron chi connectivity index (χ2n) is 5.34. The number of rotatable bonds is 3. The molecule has 2 unspecified atom stereocenters. The number of carbonyl (C=O) groups is 1. The van der Waals surface area contributed by atoms with E-state index in [4.69, 9.17) is 4.42 Å². The van der Waals surface area contributed by atoms with Gasteiger partial charge in [0.25, 0.3) is 0 Å². The molecule has 0 bridgehead atoms. The number of hydrogen-bond donors (Lipinski definition) is 1. The Labute approximate surface area is 131 Å². The van der Waals surface area contributed by atoms with Gasteiger partial charge in [-0.3, -0.25) is 9.69 Å². The van der Waals surface area contributed by atoms with E-state index in [1.54, 1.807) is 0 Å². The van der Waals surface area contributed by atoms with Crippen LogP contribution in [0.2, 0.25) is 0 Å². The molecule has 21 heavy (non-hydrogen) atoms. The third kappa shape index (κ3) is 2.76. The summed E-state index contributed by atoms with van der Waals surface area (Å²) in [5, 5.41) is 9.50. The maximum absolute atomic E-state index is 11.6. The maximum atomic E-state index is 11.6. The number of carboxylic acid groups (broad SMARTS) is 1. The highest BCUT2D eigenvalue weighted by atomic mass is 79.9. The SMILES string of the molecule is CC(c1ccc(Br)o1)N1Cc2ccccc2C(C(=O)O)C1. The van der Waals surface area contributed by atoms with Crippen molar-refractivity contribution in [1.29, 1.82) is 0 Å². The molecule has 0 saturated heterocycles. The third-order valence-electron chi connectivity index (χ3n) is 4.07. The Balaban J connectivity index is 1.91. The van der Waals surface area contributed by atoms with Gasteiger partial charge in [0.15, 0.2) is 4.67 Å². The van der Waals surface area contributed by atoms with E-state index in [-0.39, 0.29) is 6.04 Å². The number of nitrogens with zero attached hydrogens (tertiary/aromatic N) is 1. The van der Waals surface area contributed by atoms with Crippen LogP contribution in [0, 0.1) is 0 Å². The zero-order chi connectivity index (χ0) is 15.0. The second-order valence-corrected chi connectivity index (χ2v) is 6.12. The predicted octanol–water partition coefficient (Wildman–Crippen LogP) is 3.79. The van der Waals surface area contributed by atoms with Crippen LogP contribution < -0.4 is 0 Å². The zero-order valence-corrected chi connectivity index (χ0v) is 13.2. The Bertz CT molecular complexity index is 667. The molecule has 2 heterocycles. The van der Waals surface area contributed by atoms with E-state index in [1.165, 1.54) is 0 Å². The molecule has 0 spiro atoms. The standard InChI is InChI=1S/C16H16BrNO3/c1-10(14-6-7-15(17)21-14)18-8-11-4-2-3-5-12(11)13(9-18)16(19)20/h2-7,10,13H,8-9H2,1H3,(H,19,20). The lowest BCUT2D eigenvalue weighted by molar-refractivity contribution is -0.139. The summed E-state index contributed by atoms with van der Waals surface area (Å²) in [6, 6.07) is 11.6. The Morgan fingerprint density at radius 3 is 2.81 bits per heavy atom. The quantitative estimate of drug-likeness (QED) is 0.915. The average molecular weight is 350 g/mol. The van der Waals surface area contributed by atoms with Crippen molar-refractivity contribution in [3.8, 4) is 0 Å². The third-order valence-corrected chi connectivity index (χ3v) is 4.50. The first-order chi connectivity index (χ1) is 10.1. The molecular formula is C16H16BrNO3. The number of hydrogen-bond acceptors (Lipinski definition) is 3. The van der Waals surface area contributed by atoms with Gasteiger partial charge in [0.1, 0.15) is 5.76 Å². The predicted molar refractivity (Wildman–Crippen MR) is 82.1 cm³/mol. The summed E-state index contributed by atoms with van der Waals surface area (Å²) in [5.41, 5.74) is 2.00. The van der Waals surface area contributed by atoms with Crippen LogP contribution in [0.25, 0.3) is 0 Å². The summed E-state index contributed by atoms with van der Waals surface area (Å²) in [7, 11) is 0. The van der Waals surface area contributed by atoms with Crippen LogP contribution in [0.4, 0.5) is 0 Å². The molecule has 0 saturated carbocycles. The van der Waals surface area contributed by atoms with E-state index < -0.39 is 11.9 Å². The van der Waals surface area contributed by atoms with E-state index in [9.17, 15) is 9.90 Å². The summed E-state index contributed by atoms with van der Waals surface area (Å²) in [6.07, 6.45) is 0. The van der Waals surface area contributed by atoms with Gasteiger partial charge in [-0.2, -0.15) is 0 Å². The Morgan fingerprint density at radius 1 is 1.38 bits per heavy atom. The van der Waals surface area contributed by atoms with Crippen molar-refractivity contribution >= 4 is 21.9 Å². The van der Waals surface area contributed by atoms with Crippen molar-refractivity contribution in [3.63, 3.8) is 0 Å². The molecule has 1 aliphatic rings. The van der Waals surface area contributed by atoms with E-state index in [1.807, 2.05) is 43.3 Å². The highest BCUT2D eigenvalue weighted by molar-refractivity contribution is 9.10. The summed E-state index contributed by atoms with van der Waals surface area (Å²) in [6.45, 7) is 3.27. The number of carboxylic acids is 1. The van der Waals surface area contributed by atoms with Crippen molar-refractivity contribution in [3.05, 3.63) is 58.0 Å². The molecule has 1 N–H and O–H groups in total. The fourth-order valence-electron chi connectivity index (χ4n) is 2.87. The normalized spacial score (nSPS) is 20.0. The van der Waals surface area contributed by atoms with E-state index in [0.29, 0.717) is 11.2 Å². The molecule has 2 atom stereocenters. The monoisotopic (exact) mass is 349 g/mol. The lowest BCUT2D eigenvalue weighted by Crippen LogP contribution is -2.38. The molecule has 1 aromatic carbocycles. The molecule has 3 rings (SSSR count).